The number of hydrogen-bond acceptors (Lipinski definition) is 2. The normalized spacial score (nSPS) is 10.4. The number of anilines is 1. The summed E-state index contributed by atoms with van der Waals surface area (Å²) in [6.07, 6.45) is 4.92. The van der Waals surface area contributed by atoms with E-state index in [1.807, 2.05) is 42.5 Å². The first kappa shape index (κ1) is 16.6. The molecule has 116 valence electrons. The Morgan fingerprint density at radius 2 is 1.45 bits per heavy atom. The maximum Gasteiger partial charge on any atom is 0.224 e. The van der Waals surface area contributed by atoms with E-state index in [0.29, 0.717) is 6.42 Å². The van der Waals surface area contributed by atoms with E-state index in [-0.39, 0.29) is 5.91 Å². The summed E-state index contributed by atoms with van der Waals surface area (Å²) in [6.45, 7) is 0. The zero-order valence-corrected chi connectivity index (χ0v) is 13.7. The highest BCUT2D eigenvalue weighted by molar-refractivity contribution is 7.80. The van der Waals surface area contributed by atoms with Gasteiger partial charge in [-0.1, -0.05) is 55.3 Å². The first-order valence-corrected chi connectivity index (χ1v) is 8.49. The van der Waals surface area contributed by atoms with Crippen LogP contribution in [0, 0.1) is 0 Å². The number of carbonyl (C=O) groups excluding carboxylic acids is 1. The van der Waals surface area contributed by atoms with Crippen LogP contribution in [0.2, 0.25) is 0 Å². The third-order valence-electron chi connectivity index (χ3n) is 3.59. The molecule has 2 aromatic rings. The molecule has 0 saturated carbocycles. The average molecular weight is 313 g/mol. The van der Waals surface area contributed by atoms with Gasteiger partial charge < -0.3 is 5.32 Å². The third kappa shape index (κ3) is 5.57. The van der Waals surface area contributed by atoms with E-state index >= 15 is 0 Å². The van der Waals surface area contributed by atoms with Crippen LogP contribution in [0.3, 0.4) is 0 Å². The minimum atomic E-state index is 0.0957. The van der Waals surface area contributed by atoms with Crippen LogP contribution in [0.5, 0.6) is 0 Å². The predicted octanol–water partition coefficient (Wildman–Crippen LogP) is 5.17. The van der Waals surface area contributed by atoms with Crippen LogP contribution >= 0.6 is 12.6 Å². The van der Waals surface area contributed by atoms with Crippen molar-refractivity contribution in [3.05, 3.63) is 54.6 Å². The SMILES string of the molecule is O=C(CCCCCCS)Nc1ccc(-c2ccccc2)cc1. The number of thiol groups is 1. The van der Waals surface area contributed by atoms with Gasteiger partial charge in [-0.3, -0.25) is 4.79 Å². The molecule has 0 atom stereocenters. The Morgan fingerprint density at radius 1 is 0.818 bits per heavy atom. The zero-order valence-electron chi connectivity index (χ0n) is 12.8. The maximum absolute atomic E-state index is 11.9. The van der Waals surface area contributed by atoms with E-state index in [9.17, 15) is 4.79 Å². The van der Waals surface area contributed by atoms with Gasteiger partial charge in [-0.05, 0) is 41.9 Å². The van der Waals surface area contributed by atoms with Crippen molar-refractivity contribution in [1.29, 1.82) is 0 Å². The molecule has 0 aliphatic heterocycles. The fourth-order valence-electron chi connectivity index (χ4n) is 2.35. The van der Waals surface area contributed by atoms with Gasteiger partial charge in [-0.2, -0.15) is 12.6 Å². The molecule has 0 aliphatic carbocycles. The summed E-state index contributed by atoms with van der Waals surface area (Å²) < 4.78 is 0. The molecule has 0 heterocycles. The molecular formula is C19H23NOS. The van der Waals surface area contributed by atoms with Gasteiger partial charge in [-0.25, -0.2) is 0 Å². The van der Waals surface area contributed by atoms with Crippen LogP contribution in [-0.2, 0) is 4.79 Å². The van der Waals surface area contributed by atoms with Crippen molar-refractivity contribution in [3.8, 4) is 11.1 Å². The minimum Gasteiger partial charge on any atom is -0.326 e. The van der Waals surface area contributed by atoms with Gasteiger partial charge in [0.25, 0.3) is 0 Å². The molecule has 0 saturated heterocycles. The minimum absolute atomic E-state index is 0.0957. The first-order chi connectivity index (χ1) is 10.8. The van der Waals surface area contributed by atoms with E-state index < -0.39 is 0 Å². The van der Waals surface area contributed by atoms with Crippen LogP contribution in [0.4, 0.5) is 5.69 Å². The van der Waals surface area contributed by atoms with Gasteiger partial charge in [0.15, 0.2) is 0 Å². The van der Waals surface area contributed by atoms with E-state index in [2.05, 4.69) is 30.1 Å². The van der Waals surface area contributed by atoms with Crippen molar-refractivity contribution in [1.82, 2.24) is 0 Å². The average Bonchev–Trinajstić information content (AvgIpc) is 2.56. The molecule has 2 nitrogen and oxygen atoms in total. The lowest BCUT2D eigenvalue weighted by Gasteiger charge is -2.07. The fraction of sp³-hybridized carbons (Fsp3) is 0.316. The highest BCUT2D eigenvalue weighted by Gasteiger charge is 2.03. The highest BCUT2D eigenvalue weighted by Crippen LogP contribution is 2.21. The lowest BCUT2D eigenvalue weighted by Crippen LogP contribution is -2.10. The van der Waals surface area contributed by atoms with Crippen LogP contribution in [0.1, 0.15) is 32.1 Å². The van der Waals surface area contributed by atoms with Crippen molar-refractivity contribution in [3.63, 3.8) is 0 Å². The zero-order chi connectivity index (χ0) is 15.6. The van der Waals surface area contributed by atoms with E-state index in [1.165, 1.54) is 5.56 Å². The maximum atomic E-state index is 11.9. The molecule has 0 radical (unpaired) electrons. The van der Waals surface area contributed by atoms with Crippen molar-refractivity contribution in [2.24, 2.45) is 0 Å². The highest BCUT2D eigenvalue weighted by atomic mass is 32.1. The molecular weight excluding hydrogens is 290 g/mol. The van der Waals surface area contributed by atoms with Gasteiger partial charge in [0.05, 0.1) is 0 Å². The van der Waals surface area contributed by atoms with Crippen molar-refractivity contribution >= 4 is 24.2 Å². The smallest absolute Gasteiger partial charge is 0.224 e. The van der Waals surface area contributed by atoms with Crippen LogP contribution in [-0.4, -0.2) is 11.7 Å². The Balaban J connectivity index is 1.80. The molecule has 2 aromatic carbocycles. The summed E-state index contributed by atoms with van der Waals surface area (Å²) >= 11 is 4.18. The van der Waals surface area contributed by atoms with Gasteiger partial charge in [0.2, 0.25) is 5.91 Å². The molecule has 1 N–H and O–H groups in total. The molecule has 22 heavy (non-hydrogen) atoms. The lowest BCUT2D eigenvalue weighted by atomic mass is 10.1. The summed E-state index contributed by atoms with van der Waals surface area (Å²) in [7, 11) is 0. The van der Waals surface area contributed by atoms with Crippen LogP contribution in [0.25, 0.3) is 11.1 Å². The van der Waals surface area contributed by atoms with E-state index in [4.69, 9.17) is 0 Å². The predicted molar refractivity (Wildman–Crippen MR) is 97.4 cm³/mol. The number of hydrogen-bond donors (Lipinski definition) is 2. The van der Waals surface area contributed by atoms with E-state index in [1.54, 1.807) is 0 Å². The van der Waals surface area contributed by atoms with Crippen LogP contribution < -0.4 is 5.32 Å². The molecule has 1 amide bonds. The Morgan fingerprint density at radius 3 is 2.14 bits per heavy atom. The fourth-order valence-corrected chi connectivity index (χ4v) is 2.57. The van der Waals surface area contributed by atoms with Crippen molar-refractivity contribution < 1.29 is 4.79 Å². The Hall–Kier alpha value is -1.74. The lowest BCUT2D eigenvalue weighted by molar-refractivity contribution is -0.116. The summed E-state index contributed by atoms with van der Waals surface area (Å²) in [6, 6.07) is 18.2. The Kier molecular flexibility index (Phi) is 7.04. The monoisotopic (exact) mass is 313 g/mol. The van der Waals surface area contributed by atoms with Crippen LogP contribution in [0.15, 0.2) is 54.6 Å². The third-order valence-corrected chi connectivity index (χ3v) is 3.90. The first-order valence-electron chi connectivity index (χ1n) is 7.86. The molecule has 0 aromatic heterocycles. The number of rotatable bonds is 8. The molecule has 0 fully saturated rings. The summed E-state index contributed by atoms with van der Waals surface area (Å²) in [5, 5.41) is 2.96. The summed E-state index contributed by atoms with van der Waals surface area (Å²) in [5.74, 6) is 1.03. The second kappa shape index (κ2) is 9.31. The second-order valence-electron chi connectivity index (χ2n) is 5.38. The standard InChI is InChI=1S/C19H23NOS/c21-19(10-6-1-2-7-15-22)20-18-13-11-17(12-14-18)16-8-4-3-5-9-16/h3-5,8-9,11-14,22H,1-2,6-7,10,15H2,(H,20,21). The molecule has 3 heteroatoms. The van der Waals surface area contributed by atoms with Crippen molar-refractivity contribution in [2.45, 2.75) is 32.1 Å². The topological polar surface area (TPSA) is 29.1 Å². The number of unbranched alkanes of at least 4 members (excludes halogenated alkanes) is 3. The largest absolute Gasteiger partial charge is 0.326 e. The molecule has 0 spiro atoms. The number of benzene rings is 2. The summed E-state index contributed by atoms with van der Waals surface area (Å²) in [5.41, 5.74) is 3.20. The van der Waals surface area contributed by atoms with Gasteiger partial charge >= 0.3 is 0 Å². The Bertz CT molecular complexity index is 566. The number of amides is 1. The summed E-state index contributed by atoms with van der Waals surface area (Å²) in [4.78, 5) is 11.9. The Labute approximate surface area is 138 Å². The molecule has 0 bridgehead atoms. The van der Waals surface area contributed by atoms with Gasteiger partial charge in [0, 0.05) is 12.1 Å². The molecule has 0 aliphatic rings. The van der Waals surface area contributed by atoms with Gasteiger partial charge in [0.1, 0.15) is 0 Å². The second-order valence-corrected chi connectivity index (χ2v) is 5.83. The molecule has 0 unspecified atom stereocenters. The van der Waals surface area contributed by atoms with Crippen molar-refractivity contribution in [2.75, 3.05) is 11.1 Å². The quantitative estimate of drug-likeness (QED) is 0.511. The molecule has 2 rings (SSSR count). The van der Waals surface area contributed by atoms with E-state index in [0.717, 1.165) is 42.7 Å². The number of carbonyl (C=O) groups is 1. The number of nitrogens with one attached hydrogen (secondary N) is 1. The van der Waals surface area contributed by atoms with Gasteiger partial charge in [-0.15, -0.1) is 0 Å².